The van der Waals surface area contributed by atoms with Crippen molar-refractivity contribution in [3.8, 4) is 0 Å². The van der Waals surface area contributed by atoms with Crippen LogP contribution in [0.2, 0.25) is 0 Å². The number of pyridine rings is 1. The van der Waals surface area contributed by atoms with Crippen LogP contribution in [-0.2, 0) is 9.47 Å². The van der Waals surface area contributed by atoms with E-state index < -0.39 is 0 Å². The molecule has 0 radical (unpaired) electrons. The molecule has 1 heterocycles. The zero-order valence-electron chi connectivity index (χ0n) is 11.4. The summed E-state index contributed by atoms with van der Waals surface area (Å²) in [4.78, 5) is 16.5. The van der Waals surface area contributed by atoms with Gasteiger partial charge in [-0.25, -0.2) is 4.79 Å². The monoisotopic (exact) mass is 259 g/mol. The van der Waals surface area contributed by atoms with Crippen molar-refractivity contribution in [2.75, 3.05) is 20.3 Å². The molecule has 0 aliphatic heterocycles. The Kier molecular flexibility index (Phi) is 4.12. The number of aromatic nitrogens is 1. The van der Waals surface area contributed by atoms with E-state index in [4.69, 9.17) is 9.47 Å². The maximum atomic E-state index is 12.1. The molecular formula is C15H17NO3. The van der Waals surface area contributed by atoms with Gasteiger partial charge in [-0.1, -0.05) is 18.2 Å². The van der Waals surface area contributed by atoms with E-state index in [2.05, 4.69) is 4.98 Å². The number of methoxy groups -OCH3 is 1. The summed E-state index contributed by atoms with van der Waals surface area (Å²) >= 11 is 0. The molecule has 2 rings (SSSR count). The van der Waals surface area contributed by atoms with Gasteiger partial charge in [-0.2, -0.15) is 0 Å². The van der Waals surface area contributed by atoms with Gasteiger partial charge in [0.1, 0.15) is 6.61 Å². The highest BCUT2D eigenvalue weighted by molar-refractivity contribution is 5.98. The molecule has 0 atom stereocenters. The second-order valence-corrected chi connectivity index (χ2v) is 4.34. The molecule has 0 fully saturated rings. The lowest BCUT2D eigenvalue weighted by molar-refractivity contribution is 0.0386. The number of aryl methyl sites for hydroxylation is 2. The maximum Gasteiger partial charge on any atom is 0.340 e. The van der Waals surface area contributed by atoms with Crippen LogP contribution in [0.1, 0.15) is 21.6 Å². The normalized spacial score (nSPS) is 10.7. The zero-order valence-corrected chi connectivity index (χ0v) is 11.4. The Morgan fingerprint density at radius 2 is 1.95 bits per heavy atom. The third-order valence-corrected chi connectivity index (χ3v) is 3.06. The van der Waals surface area contributed by atoms with Crippen molar-refractivity contribution in [2.45, 2.75) is 13.8 Å². The Hall–Kier alpha value is -1.94. The maximum absolute atomic E-state index is 12.1. The van der Waals surface area contributed by atoms with E-state index in [1.165, 1.54) is 0 Å². The Labute approximate surface area is 112 Å². The molecule has 0 unspecified atom stereocenters. The van der Waals surface area contributed by atoms with Crippen LogP contribution in [0.5, 0.6) is 0 Å². The number of hydrogen-bond donors (Lipinski definition) is 0. The molecule has 19 heavy (non-hydrogen) atoms. The minimum absolute atomic E-state index is 0.251. The smallest absolute Gasteiger partial charge is 0.340 e. The lowest BCUT2D eigenvalue weighted by Gasteiger charge is -2.11. The fraction of sp³-hybridized carbons (Fsp3) is 0.333. The zero-order chi connectivity index (χ0) is 13.8. The van der Waals surface area contributed by atoms with Gasteiger partial charge in [0.2, 0.25) is 0 Å². The van der Waals surface area contributed by atoms with Crippen LogP contribution < -0.4 is 0 Å². The summed E-state index contributed by atoms with van der Waals surface area (Å²) in [7, 11) is 1.57. The van der Waals surface area contributed by atoms with Gasteiger partial charge in [0, 0.05) is 12.5 Å². The molecule has 0 spiro atoms. The molecular weight excluding hydrogens is 242 g/mol. The second-order valence-electron chi connectivity index (χ2n) is 4.34. The minimum Gasteiger partial charge on any atom is -0.460 e. The first-order chi connectivity index (χ1) is 9.15. The Morgan fingerprint density at radius 3 is 2.68 bits per heavy atom. The van der Waals surface area contributed by atoms with Crippen molar-refractivity contribution in [1.82, 2.24) is 4.98 Å². The molecule has 4 heteroatoms. The van der Waals surface area contributed by atoms with E-state index in [1.54, 1.807) is 7.11 Å². The number of carbonyl (C=O) groups excluding carboxylic acids is 1. The highest BCUT2D eigenvalue weighted by Gasteiger charge is 2.17. The molecule has 2 aromatic rings. The minimum atomic E-state index is -0.342. The van der Waals surface area contributed by atoms with Crippen molar-refractivity contribution < 1.29 is 14.3 Å². The number of nitrogens with zero attached hydrogens (tertiary/aromatic N) is 1. The Bertz CT molecular complexity index is 608. The van der Waals surface area contributed by atoms with Crippen LogP contribution in [0, 0.1) is 13.8 Å². The van der Waals surface area contributed by atoms with E-state index in [-0.39, 0.29) is 12.6 Å². The summed E-state index contributed by atoms with van der Waals surface area (Å²) in [5, 5.41) is 0.979. The van der Waals surface area contributed by atoms with Crippen LogP contribution in [0.25, 0.3) is 10.9 Å². The van der Waals surface area contributed by atoms with Gasteiger partial charge >= 0.3 is 5.97 Å². The third kappa shape index (κ3) is 2.74. The Balaban J connectivity index is 2.40. The topological polar surface area (TPSA) is 48.4 Å². The van der Waals surface area contributed by atoms with Crippen LogP contribution >= 0.6 is 0 Å². The van der Waals surface area contributed by atoms with Gasteiger partial charge in [-0.3, -0.25) is 4.98 Å². The highest BCUT2D eigenvalue weighted by atomic mass is 16.6. The predicted octanol–water partition coefficient (Wildman–Crippen LogP) is 2.65. The lowest BCUT2D eigenvalue weighted by Crippen LogP contribution is -2.13. The van der Waals surface area contributed by atoms with Crippen molar-refractivity contribution in [2.24, 2.45) is 0 Å². The summed E-state index contributed by atoms with van der Waals surface area (Å²) in [6, 6.07) is 7.77. The SMILES string of the molecule is COCCOC(=O)c1c(C)nc2ccccc2c1C. The molecule has 4 nitrogen and oxygen atoms in total. The molecule has 0 N–H and O–H groups in total. The first-order valence-electron chi connectivity index (χ1n) is 6.17. The number of rotatable bonds is 4. The third-order valence-electron chi connectivity index (χ3n) is 3.06. The lowest BCUT2D eigenvalue weighted by atomic mass is 10.0. The van der Waals surface area contributed by atoms with Gasteiger partial charge in [-0.15, -0.1) is 0 Å². The number of fused-ring (bicyclic) bond motifs is 1. The number of esters is 1. The molecule has 0 amide bonds. The molecule has 0 aliphatic carbocycles. The molecule has 0 aliphatic rings. The average molecular weight is 259 g/mol. The second kappa shape index (κ2) is 5.80. The largest absolute Gasteiger partial charge is 0.460 e. The summed E-state index contributed by atoms with van der Waals surface area (Å²) in [5.74, 6) is -0.342. The van der Waals surface area contributed by atoms with E-state index in [0.717, 1.165) is 16.5 Å². The highest BCUT2D eigenvalue weighted by Crippen LogP contribution is 2.23. The van der Waals surface area contributed by atoms with Gasteiger partial charge < -0.3 is 9.47 Å². The van der Waals surface area contributed by atoms with E-state index in [0.29, 0.717) is 17.9 Å². The van der Waals surface area contributed by atoms with Gasteiger partial charge in [0.15, 0.2) is 0 Å². The molecule has 100 valence electrons. The molecule has 1 aromatic heterocycles. The summed E-state index contributed by atoms with van der Waals surface area (Å²) in [6.07, 6.45) is 0. The molecule has 1 aromatic carbocycles. The average Bonchev–Trinajstić information content (AvgIpc) is 2.39. The van der Waals surface area contributed by atoms with Crippen molar-refractivity contribution >= 4 is 16.9 Å². The first kappa shape index (κ1) is 13.5. The fourth-order valence-electron chi connectivity index (χ4n) is 2.12. The van der Waals surface area contributed by atoms with E-state index in [1.807, 2.05) is 38.1 Å². The predicted molar refractivity (Wildman–Crippen MR) is 73.4 cm³/mol. The Morgan fingerprint density at radius 1 is 1.21 bits per heavy atom. The quantitative estimate of drug-likeness (QED) is 0.625. The summed E-state index contributed by atoms with van der Waals surface area (Å²) in [5.41, 5.74) is 3.05. The summed E-state index contributed by atoms with van der Waals surface area (Å²) < 4.78 is 10.0. The van der Waals surface area contributed by atoms with Crippen molar-refractivity contribution in [1.29, 1.82) is 0 Å². The number of ether oxygens (including phenoxy) is 2. The van der Waals surface area contributed by atoms with Gasteiger partial charge in [0.25, 0.3) is 0 Å². The van der Waals surface area contributed by atoms with Gasteiger partial charge in [-0.05, 0) is 25.5 Å². The molecule has 0 saturated carbocycles. The molecule has 0 bridgehead atoms. The fourth-order valence-corrected chi connectivity index (χ4v) is 2.12. The van der Waals surface area contributed by atoms with Crippen LogP contribution in [0.15, 0.2) is 24.3 Å². The van der Waals surface area contributed by atoms with E-state index >= 15 is 0 Å². The van der Waals surface area contributed by atoms with E-state index in [9.17, 15) is 4.79 Å². The van der Waals surface area contributed by atoms with Gasteiger partial charge in [0.05, 0.1) is 23.4 Å². The first-order valence-corrected chi connectivity index (χ1v) is 6.17. The number of hydrogen-bond acceptors (Lipinski definition) is 4. The number of carbonyl (C=O) groups is 1. The van der Waals surface area contributed by atoms with Crippen molar-refractivity contribution in [3.63, 3.8) is 0 Å². The van der Waals surface area contributed by atoms with Crippen LogP contribution in [0.3, 0.4) is 0 Å². The molecule has 0 saturated heterocycles. The summed E-state index contributed by atoms with van der Waals surface area (Å²) in [6.45, 7) is 4.39. The number of benzene rings is 1. The standard InChI is InChI=1S/C15H17NO3/c1-10-12-6-4-5-7-13(12)16-11(2)14(10)15(17)19-9-8-18-3/h4-7H,8-9H2,1-3H3. The van der Waals surface area contributed by atoms with Crippen LogP contribution in [0.4, 0.5) is 0 Å². The number of para-hydroxylation sites is 1. The van der Waals surface area contributed by atoms with Crippen LogP contribution in [-0.4, -0.2) is 31.3 Å². The van der Waals surface area contributed by atoms with Crippen molar-refractivity contribution in [3.05, 3.63) is 41.1 Å².